The van der Waals surface area contributed by atoms with Gasteiger partial charge in [-0.3, -0.25) is 9.10 Å². The summed E-state index contributed by atoms with van der Waals surface area (Å²) in [5.41, 5.74) is 3.54. The summed E-state index contributed by atoms with van der Waals surface area (Å²) < 4.78 is 28.6. The molecule has 0 unspecified atom stereocenters. The lowest BCUT2D eigenvalue weighted by molar-refractivity contribution is -0.120. The molecule has 0 fully saturated rings. The van der Waals surface area contributed by atoms with Crippen LogP contribution in [0.1, 0.15) is 62.8 Å². The van der Waals surface area contributed by atoms with Crippen molar-refractivity contribution in [2.24, 2.45) is 5.92 Å². The van der Waals surface area contributed by atoms with E-state index >= 15 is 0 Å². The van der Waals surface area contributed by atoms with E-state index in [1.54, 1.807) is 36.4 Å². The van der Waals surface area contributed by atoms with Crippen LogP contribution in [0.3, 0.4) is 0 Å². The van der Waals surface area contributed by atoms with Gasteiger partial charge in [0.2, 0.25) is 5.91 Å². The van der Waals surface area contributed by atoms with E-state index in [4.69, 9.17) is 0 Å². The minimum absolute atomic E-state index is 0.158. The highest BCUT2D eigenvalue weighted by Gasteiger charge is 2.28. The number of sulfonamides is 1. The molecular formula is C29H36N2O3S. The van der Waals surface area contributed by atoms with Crippen LogP contribution >= 0.6 is 0 Å². The molecule has 0 heterocycles. The van der Waals surface area contributed by atoms with Crippen molar-refractivity contribution in [1.82, 2.24) is 5.32 Å². The Bertz CT molecular complexity index is 1200. The van der Waals surface area contributed by atoms with Crippen molar-refractivity contribution in [2.75, 3.05) is 10.8 Å². The van der Waals surface area contributed by atoms with Gasteiger partial charge in [-0.15, -0.1) is 0 Å². The lowest BCUT2D eigenvalue weighted by Crippen LogP contribution is -2.42. The maximum absolute atomic E-state index is 13.7. The van der Waals surface area contributed by atoms with Crippen molar-refractivity contribution in [3.8, 4) is 0 Å². The molecule has 0 aliphatic carbocycles. The third kappa shape index (κ3) is 6.95. The van der Waals surface area contributed by atoms with Crippen LogP contribution in [0.4, 0.5) is 5.69 Å². The number of benzene rings is 3. The summed E-state index contributed by atoms with van der Waals surface area (Å²) in [6.07, 6.45) is 0.754. The molecule has 5 nitrogen and oxygen atoms in total. The first kappa shape index (κ1) is 26.5. The van der Waals surface area contributed by atoms with Gasteiger partial charge in [0.1, 0.15) is 6.54 Å². The van der Waals surface area contributed by atoms with Gasteiger partial charge >= 0.3 is 0 Å². The van der Waals surface area contributed by atoms with E-state index in [-0.39, 0.29) is 23.4 Å². The van der Waals surface area contributed by atoms with Crippen molar-refractivity contribution >= 4 is 21.6 Å². The summed E-state index contributed by atoms with van der Waals surface area (Å²) in [4.78, 5) is 13.4. The Morgan fingerprint density at radius 1 is 0.829 bits per heavy atom. The monoisotopic (exact) mass is 492 g/mol. The maximum atomic E-state index is 13.7. The SMILES string of the molecule is Cc1ccc(S(=O)(=O)N(CC(=O)N[C@@H](CC(C)C)c2ccccc2)c2ccc(C(C)C)cc2)cc1. The number of nitrogens with one attached hydrogen (secondary N) is 1. The highest BCUT2D eigenvalue weighted by atomic mass is 32.2. The number of hydrogen-bond acceptors (Lipinski definition) is 3. The van der Waals surface area contributed by atoms with Gasteiger partial charge in [0.15, 0.2) is 0 Å². The Hall–Kier alpha value is -3.12. The van der Waals surface area contributed by atoms with Crippen LogP contribution in [0.15, 0.2) is 83.8 Å². The Morgan fingerprint density at radius 3 is 1.97 bits per heavy atom. The molecule has 1 atom stereocenters. The van der Waals surface area contributed by atoms with Crippen molar-refractivity contribution in [1.29, 1.82) is 0 Å². The molecule has 0 saturated carbocycles. The zero-order chi connectivity index (χ0) is 25.6. The summed E-state index contributed by atoms with van der Waals surface area (Å²) in [7, 11) is -3.95. The maximum Gasteiger partial charge on any atom is 0.264 e. The van der Waals surface area contributed by atoms with Crippen LogP contribution in [-0.4, -0.2) is 20.9 Å². The minimum Gasteiger partial charge on any atom is -0.348 e. The number of carbonyl (C=O) groups excluding carboxylic acids is 1. The van der Waals surface area contributed by atoms with Crippen molar-refractivity contribution in [2.45, 2.75) is 57.9 Å². The molecule has 0 spiro atoms. The number of hydrogen-bond donors (Lipinski definition) is 1. The minimum atomic E-state index is -3.95. The molecule has 0 radical (unpaired) electrons. The van der Waals surface area contributed by atoms with Gasteiger partial charge in [-0.05, 0) is 60.6 Å². The second kappa shape index (κ2) is 11.5. The fourth-order valence-corrected chi connectivity index (χ4v) is 5.40. The molecule has 1 N–H and O–H groups in total. The van der Waals surface area contributed by atoms with E-state index in [0.717, 1.165) is 23.1 Å². The molecule has 3 aromatic carbocycles. The number of amides is 1. The van der Waals surface area contributed by atoms with Crippen LogP contribution < -0.4 is 9.62 Å². The fraction of sp³-hybridized carbons (Fsp3) is 0.345. The quantitative estimate of drug-likeness (QED) is 0.365. The van der Waals surface area contributed by atoms with E-state index < -0.39 is 10.0 Å². The first-order valence-corrected chi connectivity index (χ1v) is 13.6. The molecule has 0 bridgehead atoms. The molecule has 3 aromatic rings. The van der Waals surface area contributed by atoms with Crippen LogP contribution in [0.5, 0.6) is 0 Å². The lowest BCUT2D eigenvalue weighted by atomic mass is 9.97. The third-order valence-electron chi connectivity index (χ3n) is 5.99. The predicted molar refractivity (Wildman–Crippen MR) is 143 cm³/mol. The summed E-state index contributed by atoms with van der Waals surface area (Å²) in [5, 5.41) is 3.08. The third-order valence-corrected chi connectivity index (χ3v) is 7.78. The van der Waals surface area contributed by atoms with Gasteiger partial charge < -0.3 is 5.32 Å². The van der Waals surface area contributed by atoms with Crippen LogP contribution in [0, 0.1) is 12.8 Å². The smallest absolute Gasteiger partial charge is 0.264 e. The standard InChI is InChI=1S/C29H36N2O3S/c1-21(2)19-28(25-9-7-6-8-10-25)30-29(32)20-31(26-15-13-24(14-16-26)22(3)4)35(33,34)27-17-11-23(5)12-18-27/h6-18,21-22,28H,19-20H2,1-5H3,(H,30,32)/t28-/m0/s1. The number of carbonyl (C=O) groups is 1. The van der Waals surface area contributed by atoms with E-state index in [9.17, 15) is 13.2 Å². The van der Waals surface area contributed by atoms with Gasteiger partial charge in [-0.2, -0.15) is 0 Å². The molecule has 3 rings (SSSR count). The van der Waals surface area contributed by atoms with E-state index in [1.807, 2.05) is 49.4 Å². The van der Waals surface area contributed by atoms with E-state index in [0.29, 0.717) is 17.5 Å². The first-order chi connectivity index (χ1) is 16.6. The van der Waals surface area contributed by atoms with Crippen LogP contribution in [-0.2, 0) is 14.8 Å². The molecule has 0 aliphatic rings. The van der Waals surface area contributed by atoms with Crippen molar-refractivity contribution in [3.63, 3.8) is 0 Å². The normalized spacial score (nSPS) is 12.5. The molecule has 35 heavy (non-hydrogen) atoms. The zero-order valence-electron chi connectivity index (χ0n) is 21.2. The average Bonchev–Trinajstić information content (AvgIpc) is 2.82. The van der Waals surface area contributed by atoms with Crippen LogP contribution in [0.25, 0.3) is 0 Å². The number of nitrogens with zero attached hydrogens (tertiary/aromatic N) is 1. The number of aryl methyl sites for hydroxylation is 1. The Balaban J connectivity index is 1.94. The largest absolute Gasteiger partial charge is 0.348 e. The fourth-order valence-electron chi connectivity index (χ4n) is 3.98. The summed E-state index contributed by atoms with van der Waals surface area (Å²) in [5.74, 6) is 0.330. The van der Waals surface area contributed by atoms with Gasteiger partial charge in [0, 0.05) is 0 Å². The summed E-state index contributed by atoms with van der Waals surface area (Å²) >= 11 is 0. The summed E-state index contributed by atoms with van der Waals surface area (Å²) in [6.45, 7) is 9.98. The highest BCUT2D eigenvalue weighted by molar-refractivity contribution is 7.92. The van der Waals surface area contributed by atoms with Gasteiger partial charge in [-0.25, -0.2) is 8.42 Å². The van der Waals surface area contributed by atoms with E-state index in [2.05, 4.69) is 33.0 Å². The van der Waals surface area contributed by atoms with Gasteiger partial charge in [0.25, 0.3) is 10.0 Å². The molecular weight excluding hydrogens is 456 g/mol. The zero-order valence-corrected chi connectivity index (χ0v) is 22.0. The predicted octanol–water partition coefficient (Wildman–Crippen LogP) is 6.22. The number of anilines is 1. The molecule has 186 valence electrons. The van der Waals surface area contributed by atoms with Crippen LogP contribution in [0.2, 0.25) is 0 Å². The topological polar surface area (TPSA) is 66.5 Å². The Labute approximate surface area is 210 Å². The molecule has 0 aromatic heterocycles. The highest BCUT2D eigenvalue weighted by Crippen LogP contribution is 2.27. The summed E-state index contributed by atoms with van der Waals surface area (Å²) in [6, 6.07) is 23.7. The van der Waals surface area contributed by atoms with E-state index in [1.165, 1.54) is 4.31 Å². The number of rotatable bonds is 10. The average molecular weight is 493 g/mol. The molecule has 6 heteroatoms. The van der Waals surface area contributed by atoms with Gasteiger partial charge in [0.05, 0.1) is 16.6 Å². The molecule has 1 amide bonds. The second-order valence-electron chi connectivity index (χ2n) is 9.73. The first-order valence-electron chi connectivity index (χ1n) is 12.1. The Morgan fingerprint density at radius 2 is 1.43 bits per heavy atom. The Kier molecular flexibility index (Phi) is 8.73. The second-order valence-corrected chi connectivity index (χ2v) is 11.6. The molecule has 0 saturated heterocycles. The van der Waals surface area contributed by atoms with Crippen molar-refractivity contribution < 1.29 is 13.2 Å². The van der Waals surface area contributed by atoms with Crippen molar-refractivity contribution in [3.05, 3.63) is 95.6 Å². The van der Waals surface area contributed by atoms with Gasteiger partial charge in [-0.1, -0.05) is 87.9 Å². The molecule has 0 aliphatic heterocycles. The lowest BCUT2D eigenvalue weighted by Gasteiger charge is -2.27.